The van der Waals surface area contributed by atoms with Gasteiger partial charge in [-0.2, -0.15) is 0 Å². The second-order valence-electron chi connectivity index (χ2n) is 2.59. The predicted molar refractivity (Wildman–Crippen MR) is 53.8 cm³/mol. The third kappa shape index (κ3) is 1.27. The van der Waals surface area contributed by atoms with Crippen molar-refractivity contribution in [3.8, 4) is 0 Å². The molecule has 0 saturated heterocycles. The van der Waals surface area contributed by atoms with E-state index in [-0.39, 0.29) is 0 Å². The van der Waals surface area contributed by atoms with Gasteiger partial charge >= 0.3 is 0 Å². The molecule has 1 nitrogen and oxygen atoms in total. The zero-order chi connectivity index (χ0) is 7.84. The lowest BCUT2D eigenvalue weighted by Crippen LogP contribution is -1.80. The van der Waals surface area contributed by atoms with Gasteiger partial charge in [-0.15, -0.1) is 0 Å². The first kappa shape index (κ1) is 7.50. The molecule has 0 aliphatic carbocycles. The van der Waals surface area contributed by atoms with Crippen LogP contribution in [0, 0.1) is 0 Å². The summed E-state index contributed by atoms with van der Waals surface area (Å²) < 4.78 is 4.43. The number of hydrogen-bond donors (Lipinski definition) is 1. The van der Waals surface area contributed by atoms with E-state index < -0.39 is 0 Å². The summed E-state index contributed by atoms with van der Waals surface area (Å²) in [4.78, 5) is 0. The molecule has 1 atom stereocenters. The van der Waals surface area contributed by atoms with Gasteiger partial charge in [-0.05, 0) is 42.6 Å². The molecule has 1 aliphatic heterocycles. The van der Waals surface area contributed by atoms with Crippen molar-refractivity contribution in [2.45, 2.75) is 12.2 Å². The molecule has 1 heterocycles. The van der Waals surface area contributed by atoms with Crippen LogP contribution >= 0.6 is 27.9 Å². The number of nitrogens with one attached hydrogen (secondary N) is 1. The summed E-state index contributed by atoms with van der Waals surface area (Å²) in [6.07, 6.45) is 0. The predicted octanol–water partition coefficient (Wildman–Crippen LogP) is 3.58. The first-order valence-corrected chi connectivity index (χ1v) is 5.16. The Balaban J connectivity index is 2.52. The number of hydrogen-bond acceptors (Lipinski definition) is 2. The molecule has 2 rings (SSSR count). The van der Waals surface area contributed by atoms with Gasteiger partial charge in [0.1, 0.15) is 0 Å². The van der Waals surface area contributed by atoms with Gasteiger partial charge in [0.15, 0.2) is 0 Å². The van der Waals surface area contributed by atoms with Crippen LogP contribution in [-0.2, 0) is 0 Å². The molecule has 0 bridgehead atoms. The Bertz CT molecular complexity index is 287. The fraction of sp³-hybridized carbons (Fsp3) is 0.250. The molecule has 1 aromatic carbocycles. The highest BCUT2D eigenvalue weighted by Crippen LogP contribution is 2.42. The van der Waals surface area contributed by atoms with Gasteiger partial charge in [-0.25, -0.2) is 0 Å². The second kappa shape index (κ2) is 2.72. The topological polar surface area (TPSA) is 12.0 Å². The summed E-state index contributed by atoms with van der Waals surface area (Å²) >= 11 is 5.22. The van der Waals surface area contributed by atoms with E-state index in [1.165, 1.54) is 11.3 Å². The number of fused-ring (bicyclic) bond motifs is 1. The standard InChI is InChI=1S/C8H8BrNS/c1-5-7-4-6(9)2-3-8(7)10-11-5/h2-5,10H,1H3. The van der Waals surface area contributed by atoms with Crippen LogP contribution in [0.1, 0.15) is 17.7 Å². The van der Waals surface area contributed by atoms with Crippen molar-refractivity contribution in [1.82, 2.24) is 0 Å². The molecule has 1 unspecified atom stereocenters. The van der Waals surface area contributed by atoms with Crippen molar-refractivity contribution in [2.75, 3.05) is 4.72 Å². The van der Waals surface area contributed by atoms with Gasteiger partial charge in [0, 0.05) is 15.4 Å². The van der Waals surface area contributed by atoms with Crippen LogP contribution in [-0.4, -0.2) is 0 Å². The third-order valence-electron chi connectivity index (χ3n) is 1.80. The minimum Gasteiger partial charge on any atom is -0.329 e. The molecule has 0 spiro atoms. The van der Waals surface area contributed by atoms with Crippen molar-refractivity contribution in [1.29, 1.82) is 0 Å². The van der Waals surface area contributed by atoms with E-state index in [2.05, 4.69) is 45.8 Å². The van der Waals surface area contributed by atoms with Gasteiger partial charge < -0.3 is 4.72 Å². The molecule has 3 heteroatoms. The van der Waals surface area contributed by atoms with Crippen molar-refractivity contribution < 1.29 is 0 Å². The molecular formula is C8H8BrNS. The van der Waals surface area contributed by atoms with E-state index in [4.69, 9.17) is 0 Å². The van der Waals surface area contributed by atoms with E-state index in [1.54, 1.807) is 11.9 Å². The van der Waals surface area contributed by atoms with E-state index in [9.17, 15) is 0 Å². The summed E-state index contributed by atoms with van der Waals surface area (Å²) in [5.74, 6) is 0. The van der Waals surface area contributed by atoms with Gasteiger partial charge in [0.25, 0.3) is 0 Å². The van der Waals surface area contributed by atoms with Gasteiger partial charge in [0.05, 0.1) is 0 Å². The molecule has 0 aromatic heterocycles. The Morgan fingerprint density at radius 2 is 2.36 bits per heavy atom. The lowest BCUT2D eigenvalue weighted by atomic mass is 10.1. The van der Waals surface area contributed by atoms with E-state index in [0.29, 0.717) is 5.25 Å². The molecule has 0 saturated carbocycles. The average molecular weight is 230 g/mol. The molecule has 11 heavy (non-hydrogen) atoms. The highest BCUT2D eigenvalue weighted by atomic mass is 79.9. The molecular weight excluding hydrogens is 222 g/mol. The fourth-order valence-corrected chi connectivity index (χ4v) is 2.37. The molecule has 1 aliphatic rings. The fourth-order valence-electron chi connectivity index (χ4n) is 1.18. The largest absolute Gasteiger partial charge is 0.329 e. The number of benzene rings is 1. The molecule has 0 amide bonds. The smallest absolute Gasteiger partial charge is 0.0488 e. The van der Waals surface area contributed by atoms with Crippen LogP contribution in [0.2, 0.25) is 0 Å². The Kier molecular flexibility index (Phi) is 1.85. The monoisotopic (exact) mass is 229 g/mol. The van der Waals surface area contributed by atoms with Crippen LogP contribution in [0.5, 0.6) is 0 Å². The van der Waals surface area contributed by atoms with Gasteiger partial charge in [0.2, 0.25) is 0 Å². The first-order valence-electron chi connectivity index (χ1n) is 3.48. The first-order chi connectivity index (χ1) is 5.27. The number of rotatable bonds is 0. The van der Waals surface area contributed by atoms with Gasteiger partial charge in [-0.1, -0.05) is 15.9 Å². The maximum absolute atomic E-state index is 3.46. The quantitative estimate of drug-likeness (QED) is 0.683. The Hall–Kier alpha value is -0.150. The highest BCUT2D eigenvalue weighted by Gasteiger charge is 2.18. The summed E-state index contributed by atoms with van der Waals surface area (Å²) in [6.45, 7) is 2.20. The number of halogens is 1. The molecule has 1 aromatic rings. The van der Waals surface area contributed by atoms with Crippen molar-refractivity contribution in [3.05, 3.63) is 28.2 Å². The summed E-state index contributed by atoms with van der Waals surface area (Å²) in [5.41, 5.74) is 2.65. The van der Waals surface area contributed by atoms with E-state index >= 15 is 0 Å². The van der Waals surface area contributed by atoms with Crippen molar-refractivity contribution in [3.63, 3.8) is 0 Å². The zero-order valence-electron chi connectivity index (χ0n) is 6.10. The van der Waals surface area contributed by atoms with E-state index in [0.717, 1.165) is 4.47 Å². The van der Waals surface area contributed by atoms with Gasteiger partial charge in [-0.3, -0.25) is 0 Å². The minimum absolute atomic E-state index is 0.572. The van der Waals surface area contributed by atoms with E-state index in [1.807, 2.05) is 0 Å². The molecule has 0 radical (unpaired) electrons. The summed E-state index contributed by atoms with van der Waals surface area (Å²) in [5, 5.41) is 0.572. The second-order valence-corrected chi connectivity index (χ2v) is 4.66. The Labute approximate surface area is 78.8 Å². The number of anilines is 1. The van der Waals surface area contributed by atoms with Crippen molar-refractivity contribution >= 4 is 33.6 Å². The summed E-state index contributed by atoms with van der Waals surface area (Å²) in [7, 11) is 0. The highest BCUT2D eigenvalue weighted by molar-refractivity contribution is 9.10. The Morgan fingerprint density at radius 1 is 1.55 bits per heavy atom. The van der Waals surface area contributed by atoms with Crippen LogP contribution < -0.4 is 4.72 Å². The minimum atomic E-state index is 0.572. The lowest BCUT2D eigenvalue weighted by Gasteiger charge is -2.00. The average Bonchev–Trinajstić information content (AvgIpc) is 2.33. The summed E-state index contributed by atoms with van der Waals surface area (Å²) in [6, 6.07) is 6.34. The maximum Gasteiger partial charge on any atom is 0.0488 e. The third-order valence-corrected chi connectivity index (χ3v) is 3.24. The van der Waals surface area contributed by atoms with Crippen LogP contribution in [0.4, 0.5) is 5.69 Å². The Morgan fingerprint density at radius 3 is 3.18 bits per heavy atom. The van der Waals surface area contributed by atoms with Crippen LogP contribution in [0.25, 0.3) is 0 Å². The molecule has 1 N–H and O–H groups in total. The molecule has 0 fully saturated rings. The normalized spacial score (nSPS) is 21.1. The van der Waals surface area contributed by atoms with Crippen molar-refractivity contribution in [2.24, 2.45) is 0 Å². The SMILES string of the molecule is CC1SNc2ccc(Br)cc21. The van der Waals surface area contributed by atoms with Crippen LogP contribution in [0.15, 0.2) is 22.7 Å². The van der Waals surface area contributed by atoms with Crippen LogP contribution in [0.3, 0.4) is 0 Å². The zero-order valence-corrected chi connectivity index (χ0v) is 8.50. The lowest BCUT2D eigenvalue weighted by molar-refractivity contribution is 1.13. The molecule has 58 valence electrons. The maximum atomic E-state index is 3.46.